The van der Waals surface area contributed by atoms with E-state index in [1.165, 1.54) is 0 Å². The largest absolute Gasteiger partial charge is 0.454 e. The molecule has 5 heteroatoms. The highest BCUT2D eigenvalue weighted by atomic mass is 16.5. The number of rotatable bonds is 10. The van der Waals surface area contributed by atoms with Gasteiger partial charge in [0.15, 0.2) is 5.58 Å². The molecule has 0 radical (unpaired) electrons. The Morgan fingerprint density at radius 2 is 1.85 bits per heavy atom. The van der Waals surface area contributed by atoms with Crippen LogP contribution >= 0.6 is 0 Å². The van der Waals surface area contributed by atoms with Crippen molar-refractivity contribution in [3.63, 3.8) is 0 Å². The lowest BCUT2D eigenvalue weighted by molar-refractivity contribution is 0.0587. The molecule has 0 amide bonds. The van der Waals surface area contributed by atoms with Gasteiger partial charge < -0.3 is 19.6 Å². The van der Waals surface area contributed by atoms with Crippen LogP contribution in [0.3, 0.4) is 0 Å². The second kappa shape index (κ2) is 13.8. The van der Waals surface area contributed by atoms with E-state index < -0.39 is 5.60 Å². The van der Waals surface area contributed by atoms with E-state index in [0.717, 1.165) is 70.6 Å². The summed E-state index contributed by atoms with van der Waals surface area (Å²) >= 11 is 0. The van der Waals surface area contributed by atoms with Crippen molar-refractivity contribution in [2.75, 3.05) is 6.61 Å². The first-order chi connectivity index (χ1) is 18.6. The maximum Gasteiger partial charge on any atom is 0.161 e. The van der Waals surface area contributed by atoms with Crippen LogP contribution < -0.4 is 5.32 Å². The summed E-state index contributed by atoms with van der Waals surface area (Å²) in [5, 5.41) is 13.6. The van der Waals surface area contributed by atoms with Crippen LogP contribution in [0.4, 0.5) is 0 Å². The fourth-order valence-corrected chi connectivity index (χ4v) is 4.24. The Bertz CT molecular complexity index is 1280. The minimum absolute atomic E-state index is 0.184. The van der Waals surface area contributed by atoms with E-state index in [9.17, 15) is 5.11 Å². The molecule has 1 aliphatic heterocycles. The molecule has 3 aromatic rings. The number of pyridine rings is 1. The van der Waals surface area contributed by atoms with Crippen molar-refractivity contribution in [3.8, 4) is 11.3 Å². The van der Waals surface area contributed by atoms with Gasteiger partial charge in [0.05, 0.1) is 17.7 Å². The molecule has 210 valence electrons. The highest BCUT2D eigenvalue weighted by Gasteiger charge is 2.26. The third kappa shape index (κ3) is 7.93. The summed E-state index contributed by atoms with van der Waals surface area (Å²) in [6.07, 6.45) is 11.5. The van der Waals surface area contributed by atoms with Crippen LogP contribution in [-0.4, -0.2) is 34.4 Å². The predicted molar refractivity (Wildman–Crippen MR) is 164 cm³/mol. The molecule has 2 aromatic heterocycles. The summed E-state index contributed by atoms with van der Waals surface area (Å²) < 4.78 is 11.6. The smallest absolute Gasteiger partial charge is 0.161 e. The molecule has 0 bridgehead atoms. The first-order valence-electron chi connectivity index (χ1n) is 14.3. The molecule has 3 unspecified atom stereocenters. The lowest BCUT2D eigenvalue weighted by Gasteiger charge is -2.29. The van der Waals surface area contributed by atoms with Gasteiger partial charge in [0.25, 0.3) is 0 Å². The first kappa shape index (κ1) is 30.4. The molecule has 4 rings (SSSR count). The van der Waals surface area contributed by atoms with E-state index in [4.69, 9.17) is 9.15 Å². The van der Waals surface area contributed by atoms with Crippen molar-refractivity contribution >= 4 is 22.2 Å². The molecule has 1 aromatic carbocycles. The second-order valence-electron chi connectivity index (χ2n) is 10.9. The van der Waals surface area contributed by atoms with Gasteiger partial charge in [0, 0.05) is 30.0 Å². The van der Waals surface area contributed by atoms with Crippen molar-refractivity contribution in [3.05, 3.63) is 78.7 Å². The number of hydrogen-bond acceptors (Lipinski definition) is 5. The number of nitrogens with one attached hydrogen (secondary N) is 1. The number of nitrogens with zero attached hydrogens (tertiary/aromatic N) is 1. The van der Waals surface area contributed by atoms with Crippen molar-refractivity contribution in [1.29, 1.82) is 0 Å². The van der Waals surface area contributed by atoms with Gasteiger partial charge in [-0.15, -0.1) is 0 Å². The average molecular weight is 531 g/mol. The molecule has 1 aliphatic rings. The standard InChI is InChI=1S/C27H30N2O2.C7H16O/c1-6-17(2)18(3)19-7-9-20(10-8-19)24-16-23-26(31-24)22(12-14-28-23)21-11-13-29-25(15-21)27(4,5)30;1-4-6-8-7(3)5-2/h7-17,25,29-30H,3,6H2,1-2,4-5H3;7H,4-6H2,1-3H3. The number of aliphatic hydroxyl groups is 1. The second-order valence-corrected chi connectivity index (χ2v) is 10.9. The Morgan fingerprint density at radius 1 is 1.13 bits per heavy atom. The Balaban J connectivity index is 0.000000459. The number of ether oxygens (including phenoxy) is 1. The lowest BCUT2D eigenvalue weighted by atomic mass is 9.92. The van der Waals surface area contributed by atoms with Crippen LogP contribution in [0.2, 0.25) is 0 Å². The fourth-order valence-electron chi connectivity index (χ4n) is 4.24. The molecule has 0 saturated heterocycles. The number of dihydropyridines is 1. The quantitative estimate of drug-likeness (QED) is 0.275. The molecule has 3 heterocycles. The van der Waals surface area contributed by atoms with Gasteiger partial charge in [-0.1, -0.05) is 64.6 Å². The molecule has 0 fully saturated rings. The topological polar surface area (TPSA) is 67.5 Å². The summed E-state index contributed by atoms with van der Waals surface area (Å²) in [6.45, 7) is 19.5. The first-order valence-corrected chi connectivity index (χ1v) is 14.3. The number of hydrogen-bond donors (Lipinski definition) is 2. The summed E-state index contributed by atoms with van der Waals surface area (Å²) in [7, 11) is 0. The van der Waals surface area contributed by atoms with Crippen LogP contribution in [0.15, 0.2) is 71.9 Å². The highest BCUT2D eigenvalue weighted by Crippen LogP contribution is 2.34. The zero-order valence-corrected chi connectivity index (χ0v) is 24.8. The molecule has 0 aliphatic carbocycles. The molecule has 2 N–H and O–H groups in total. The van der Waals surface area contributed by atoms with E-state index >= 15 is 0 Å². The fraction of sp³-hybridized carbons (Fsp3) is 0.441. The molecule has 0 spiro atoms. The molecule has 3 atom stereocenters. The third-order valence-corrected chi connectivity index (χ3v) is 7.30. The normalized spacial score (nSPS) is 16.6. The number of allylic oxidation sites excluding steroid dienone is 3. The number of furan rings is 1. The van der Waals surface area contributed by atoms with Gasteiger partial charge in [0.1, 0.15) is 11.3 Å². The van der Waals surface area contributed by atoms with Gasteiger partial charge in [-0.25, -0.2) is 0 Å². The van der Waals surface area contributed by atoms with E-state index in [1.54, 1.807) is 20.0 Å². The monoisotopic (exact) mass is 530 g/mol. The SMILES string of the molecule is C=C(c1ccc(-c2cc3nccc(C4=CC(C(C)(C)O)NC=C4)c3o2)cc1)C(C)CC.CCCOC(C)CC. The average Bonchev–Trinajstić information content (AvgIpc) is 3.39. The number of aromatic nitrogens is 1. The Labute approximate surface area is 234 Å². The summed E-state index contributed by atoms with van der Waals surface area (Å²) in [6, 6.07) is 12.1. The molecule has 5 nitrogen and oxygen atoms in total. The maximum atomic E-state index is 10.4. The van der Waals surface area contributed by atoms with Gasteiger partial charge in [-0.2, -0.15) is 0 Å². The van der Waals surface area contributed by atoms with Crippen LogP contribution in [0, 0.1) is 5.92 Å². The van der Waals surface area contributed by atoms with Crippen LogP contribution in [-0.2, 0) is 4.74 Å². The minimum atomic E-state index is -0.877. The maximum absolute atomic E-state index is 10.4. The molecular formula is C34H46N2O3. The van der Waals surface area contributed by atoms with Crippen molar-refractivity contribution in [2.45, 2.75) is 85.5 Å². The van der Waals surface area contributed by atoms with Gasteiger partial charge >= 0.3 is 0 Å². The predicted octanol–water partition coefficient (Wildman–Crippen LogP) is 8.41. The number of fused-ring (bicyclic) bond motifs is 1. The lowest BCUT2D eigenvalue weighted by Crippen LogP contribution is -2.44. The Morgan fingerprint density at radius 3 is 2.46 bits per heavy atom. The van der Waals surface area contributed by atoms with E-state index in [2.05, 4.69) is 75.8 Å². The van der Waals surface area contributed by atoms with Gasteiger partial charge in [-0.05, 0) is 81.0 Å². The van der Waals surface area contributed by atoms with E-state index in [0.29, 0.717) is 12.0 Å². The molecular weight excluding hydrogens is 484 g/mol. The number of benzene rings is 1. The van der Waals surface area contributed by atoms with E-state index in [-0.39, 0.29) is 6.04 Å². The molecule has 39 heavy (non-hydrogen) atoms. The Kier molecular flexibility index (Phi) is 10.7. The zero-order chi connectivity index (χ0) is 28.6. The summed E-state index contributed by atoms with van der Waals surface area (Å²) in [5.41, 5.74) is 5.98. The van der Waals surface area contributed by atoms with Crippen LogP contribution in [0.1, 0.15) is 78.9 Å². The Hall–Kier alpha value is -3.15. The minimum Gasteiger partial charge on any atom is -0.454 e. The molecule has 0 saturated carbocycles. The third-order valence-electron chi connectivity index (χ3n) is 7.30. The van der Waals surface area contributed by atoms with Gasteiger partial charge in [-0.3, -0.25) is 4.98 Å². The van der Waals surface area contributed by atoms with Crippen LogP contribution in [0.25, 0.3) is 33.6 Å². The van der Waals surface area contributed by atoms with Gasteiger partial charge in [0.2, 0.25) is 0 Å². The van der Waals surface area contributed by atoms with Crippen molar-refractivity contribution in [1.82, 2.24) is 10.3 Å². The van der Waals surface area contributed by atoms with E-state index in [1.807, 2.05) is 30.5 Å². The van der Waals surface area contributed by atoms with Crippen LogP contribution in [0.5, 0.6) is 0 Å². The van der Waals surface area contributed by atoms with Crippen molar-refractivity contribution in [2.24, 2.45) is 5.92 Å². The summed E-state index contributed by atoms with van der Waals surface area (Å²) in [4.78, 5) is 4.51. The summed E-state index contributed by atoms with van der Waals surface area (Å²) in [5.74, 6) is 1.25. The van der Waals surface area contributed by atoms with Crippen molar-refractivity contribution < 1.29 is 14.3 Å². The highest BCUT2D eigenvalue weighted by molar-refractivity contribution is 5.93. The zero-order valence-electron chi connectivity index (χ0n) is 24.8.